The Morgan fingerprint density at radius 2 is 1.62 bits per heavy atom. The van der Waals surface area contributed by atoms with Crippen molar-refractivity contribution in [1.29, 1.82) is 0 Å². The normalized spacial score (nSPS) is 21.1. The fourth-order valence-corrected chi connectivity index (χ4v) is 4.61. The molecular formula is C23H33N3O3. The van der Waals surface area contributed by atoms with Crippen molar-refractivity contribution in [2.75, 3.05) is 37.6 Å². The second-order valence-corrected chi connectivity index (χ2v) is 8.77. The first-order valence-electron chi connectivity index (χ1n) is 11.2. The molecule has 0 aromatic heterocycles. The first-order chi connectivity index (χ1) is 14.1. The number of nitrogens with zero attached hydrogens (tertiary/aromatic N) is 3. The van der Waals surface area contributed by atoms with Gasteiger partial charge in [-0.25, -0.2) is 4.79 Å². The van der Waals surface area contributed by atoms with Crippen LogP contribution in [-0.4, -0.2) is 60.6 Å². The molecule has 0 spiro atoms. The summed E-state index contributed by atoms with van der Waals surface area (Å²) < 4.78 is 5.59. The summed E-state index contributed by atoms with van der Waals surface area (Å²) in [5, 5.41) is 0. The molecule has 29 heavy (non-hydrogen) atoms. The summed E-state index contributed by atoms with van der Waals surface area (Å²) in [5.41, 5.74) is 0.887. The molecule has 0 atom stereocenters. The Labute approximate surface area is 173 Å². The molecule has 2 aliphatic carbocycles. The number of hydrogen-bond donors (Lipinski definition) is 0. The minimum Gasteiger partial charge on any atom is -0.410 e. The van der Waals surface area contributed by atoms with Crippen molar-refractivity contribution in [1.82, 2.24) is 9.80 Å². The SMILES string of the molecule is CC(=O)N(c1ccc(OC(=O)N2CCN(CC3CC3)CC2)cc1)C1CCCCC1. The van der Waals surface area contributed by atoms with Crippen molar-refractivity contribution in [3.8, 4) is 5.75 Å². The summed E-state index contributed by atoms with van der Waals surface area (Å²) in [5.74, 6) is 1.49. The molecule has 1 aromatic carbocycles. The van der Waals surface area contributed by atoms with Crippen LogP contribution in [0.1, 0.15) is 51.9 Å². The number of hydrogen-bond acceptors (Lipinski definition) is 4. The molecule has 0 N–H and O–H groups in total. The lowest BCUT2D eigenvalue weighted by molar-refractivity contribution is -0.117. The molecule has 1 aliphatic heterocycles. The van der Waals surface area contributed by atoms with E-state index in [1.807, 2.05) is 17.0 Å². The van der Waals surface area contributed by atoms with Crippen molar-refractivity contribution < 1.29 is 14.3 Å². The topological polar surface area (TPSA) is 53.1 Å². The molecule has 1 heterocycles. The molecule has 1 saturated heterocycles. The molecule has 2 saturated carbocycles. The first kappa shape index (κ1) is 20.2. The van der Waals surface area contributed by atoms with Crippen LogP contribution in [0.25, 0.3) is 0 Å². The Bertz CT molecular complexity index is 703. The number of carbonyl (C=O) groups excluding carboxylic acids is 2. The van der Waals surface area contributed by atoms with E-state index in [2.05, 4.69) is 4.90 Å². The Kier molecular flexibility index (Phi) is 6.38. The standard InChI is InChI=1S/C23H33N3O3/c1-18(27)26(20-5-3-2-4-6-20)21-9-11-22(12-10-21)29-23(28)25-15-13-24(14-16-25)17-19-7-8-19/h9-12,19-20H,2-8,13-17H2,1H3. The molecule has 0 radical (unpaired) electrons. The second kappa shape index (κ2) is 9.16. The molecule has 0 unspecified atom stereocenters. The number of rotatable bonds is 5. The van der Waals surface area contributed by atoms with Crippen molar-refractivity contribution in [3.05, 3.63) is 24.3 Å². The summed E-state index contributed by atoms with van der Waals surface area (Å²) in [6.45, 7) is 6.12. The predicted octanol–water partition coefficient (Wildman–Crippen LogP) is 3.90. The Morgan fingerprint density at radius 1 is 0.966 bits per heavy atom. The highest BCUT2D eigenvalue weighted by Gasteiger charge is 2.28. The smallest absolute Gasteiger partial charge is 0.410 e. The van der Waals surface area contributed by atoms with Gasteiger partial charge in [0, 0.05) is 51.4 Å². The summed E-state index contributed by atoms with van der Waals surface area (Å²) >= 11 is 0. The average Bonchev–Trinajstić information content (AvgIpc) is 3.54. The molecule has 6 nitrogen and oxygen atoms in total. The van der Waals surface area contributed by atoms with Gasteiger partial charge in [-0.05, 0) is 55.9 Å². The maximum atomic E-state index is 12.5. The van der Waals surface area contributed by atoms with E-state index in [-0.39, 0.29) is 18.0 Å². The maximum absolute atomic E-state index is 12.5. The zero-order valence-corrected chi connectivity index (χ0v) is 17.5. The number of piperazine rings is 1. The molecule has 4 rings (SSSR count). The van der Waals surface area contributed by atoms with Crippen LogP contribution in [-0.2, 0) is 4.79 Å². The molecule has 0 bridgehead atoms. The molecule has 3 fully saturated rings. The van der Waals surface area contributed by atoms with Gasteiger partial charge in [-0.1, -0.05) is 19.3 Å². The van der Waals surface area contributed by atoms with Crippen LogP contribution in [0.3, 0.4) is 0 Å². The minimum absolute atomic E-state index is 0.0747. The molecule has 6 heteroatoms. The summed E-state index contributed by atoms with van der Waals surface area (Å²) in [6, 6.07) is 7.67. The lowest BCUT2D eigenvalue weighted by Crippen LogP contribution is -2.49. The summed E-state index contributed by atoms with van der Waals surface area (Å²) in [7, 11) is 0. The van der Waals surface area contributed by atoms with Crippen LogP contribution in [0.15, 0.2) is 24.3 Å². The van der Waals surface area contributed by atoms with E-state index in [1.54, 1.807) is 24.0 Å². The summed E-state index contributed by atoms with van der Waals surface area (Å²) in [6.07, 6.45) is 8.17. The first-order valence-corrected chi connectivity index (χ1v) is 11.2. The van der Waals surface area contributed by atoms with Gasteiger partial charge in [-0.3, -0.25) is 9.69 Å². The third-order valence-electron chi connectivity index (χ3n) is 6.44. The quantitative estimate of drug-likeness (QED) is 0.754. The average molecular weight is 400 g/mol. The fraction of sp³-hybridized carbons (Fsp3) is 0.652. The van der Waals surface area contributed by atoms with E-state index < -0.39 is 0 Å². The number of anilines is 1. The van der Waals surface area contributed by atoms with E-state index in [4.69, 9.17) is 4.74 Å². The third-order valence-corrected chi connectivity index (χ3v) is 6.44. The minimum atomic E-state index is -0.278. The zero-order chi connectivity index (χ0) is 20.2. The fourth-order valence-electron chi connectivity index (χ4n) is 4.61. The van der Waals surface area contributed by atoms with E-state index in [1.165, 1.54) is 38.6 Å². The zero-order valence-electron chi connectivity index (χ0n) is 17.5. The van der Waals surface area contributed by atoms with Gasteiger partial charge in [-0.2, -0.15) is 0 Å². The van der Waals surface area contributed by atoms with E-state index in [0.29, 0.717) is 5.75 Å². The van der Waals surface area contributed by atoms with Gasteiger partial charge in [0.2, 0.25) is 5.91 Å². The van der Waals surface area contributed by atoms with Crippen LogP contribution in [0.5, 0.6) is 5.75 Å². The highest BCUT2D eigenvalue weighted by Crippen LogP contribution is 2.30. The molecular weight excluding hydrogens is 366 g/mol. The van der Waals surface area contributed by atoms with Crippen LogP contribution in [0.2, 0.25) is 0 Å². The lowest BCUT2D eigenvalue weighted by atomic mass is 9.93. The van der Waals surface area contributed by atoms with Crippen LogP contribution >= 0.6 is 0 Å². The van der Waals surface area contributed by atoms with Crippen molar-refractivity contribution >= 4 is 17.7 Å². The van der Waals surface area contributed by atoms with Crippen molar-refractivity contribution in [3.63, 3.8) is 0 Å². The van der Waals surface area contributed by atoms with E-state index >= 15 is 0 Å². The Morgan fingerprint density at radius 3 is 2.21 bits per heavy atom. The molecule has 1 aromatic rings. The monoisotopic (exact) mass is 399 g/mol. The summed E-state index contributed by atoms with van der Waals surface area (Å²) in [4.78, 5) is 30.9. The second-order valence-electron chi connectivity index (χ2n) is 8.77. The number of carbonyl (C=O) groups is 2. The lowest BCUT2D eigenvalue weighted by Gasteiger charge is -2.34. The molecule has 3 aliphatic rings. The third kappa shape index (κ3) is 5.30. The Balaban J connectivity index is 1.31. The van der Waals surface area contributed by atoms with Crippen LogP contribution < -0.4 is 9.64 Å². The van der Waals surface area contributed by atoms with Gasteiger partial charge in [0.1, 0.15) is 5.75 Å². The van der Waals surface area contributed by atoms with Gasteiger partial charge < -0.3 is 14.5 Å². The van der Waals surface area contributed by atoms with Crippen molar-refractivity contribution in [2.24, 2.45) is 5.92 Å². The van der Waals surface area contributed by atoms with Crippen LogP contribution in [0.4, 0.5) is 10.5 Å². The highest BCUT2D eigenvalue weighted by atomic mass is 16.6. The van der Waals surface area contributed by atoms with Crippen molar-refractivity contribution in [2.45, 2.75) is 57.9 Å². The number of ether oxygens (including phenoxy) is 1. The Hall–Kier alpha value is -2.08. The maximum Gasteiger partial charge on any atom is 0.415 e. The van der Waals surface area contributed by atoms with Crippen LogP contribution in [0, 0.1) is 5.92 Å². The largest absolute Gasteiger partial charge is 0.415 e. The van der Waals surface area contributed by atoms with Gasteiger partial charge in [0.25, 0.3) is 0 Å². The molecule has 2 amide bonds. The highest BCUT2D eigenvalue weighted by molar-refractivity contribution is 5.92. The van der Waals surface area contributed by atoms with E-state index in [9.17, 15) is 9.59 Å². The van der Waals surface area contributed by atoms with Gasteiger partial charge in [0.15, 0.2) is 0 Å². The van der Waals surface area contributed by atoms with Gasteiger partial charge in [-0.15, -0.1) is 0 Å². The van der Waals surface area contributed by atoms with Gasteiger partial charge in [0.05, 0.1) is 0 Å². The number of amides is 2. The van der Waals surface area contributed by atoms with Gasteiger partial charge >= 0.3 is 6.09 Å². The van der Waals surface area contributed by atoms with E-state index in [0.717, 1.165) is 50.6 Å². The number of benzene rings is 1. The molecule has 158 valence electrons. The predicted molar refractivity (Wildman–Crippen MR) is 113 cm³/mol.